The lowest BCUT2D eigenvalue weighted by Gasteiger charge is -2.10. The number of halogens is 3. The van der Waals surface area contributed by atoms with Crippen LogP contribution in [0.15, 0.2) is 51.4 Å². The molecule has 19 heavy (non-hydrogen) atoms. The zero-order valence-electron chi connectivity index (χ0n) is 10.00. The Hall–Kier alpha value is -1.07. The molecule has 0 spiro atoms. The Kier molecular flexibility index (Phi) is 5.22. The number of rotatable bonds is 5. The van der Waals surface area contributed by atoms with E-state index in [9.17, 15) is 4.39 Å². The van der Waals surface area contributed by atoms with Crippen molar-refractivity contribution in [3.63, 3.8) is 0 Å². The molecule has 100 valence electrons. The van der Waals surface area contributed by atoms with Crippen LogP contribution >= 0.6 is 31.9 Å². The van der Waals surface area contributed by atoms with E-state index in [1.165, 1.54) is 12.1 Å². The first-order valence-electron chi connectivity index (χ1n) is 5.72. The molecule has 0 fully saturated rings. The standard InChI is InChI=1S/C14H12Br2FNO/c15-10-1-4-12(5-2-10)18-7-8-19-14-6-3-11(17)9-13(14)16/h1-6,9,18H,7-8H2. The molecule has 0 saturated heterocycles. The summed E-state index contributed by atoms with van der Waals surface area (Å²) >= 11 is 6.64. The highest BCUT2D eigenvalue weighted by Crippen LogP contribution is 2.25. The van der Waals surface area contributed by atoms with Gasteiger partial charge in [-0.3, -0.25) is 0 Å². The average Bonchev–Trinajstić information content (AvgIpc) is 2.39. The van der Waals surface area contributed by atoms with Crippen LogP contribution in [-0.4, -0.2) is 13.2 Å². The fourth-order valence-corrected chi connectivity index (χ4v) is 2.25. The van der Waals surface area contributed by atoms with Gasteiger partial charge in [-0.05, 0) is 58.4 Å². The van der Waals surface area contributed by atoms with Crippen molar-refractivity contribution < 1.29 is 9.13 Å². The molecule has 2 nitrogen and oxygen atoms in total. The Balaban J connectivity index is 1.79. The third kappa shape index (κ3) is 4.51. The van der Waals surface area contributed by atoms with Crippen LogP contribution in [0, 0.1) is 5.82 Å². The zero-order valence-corrected chi connectivity index (χ0v) is 13.2. The van der Waals surface area contributed by atoms with Crippen molar-refractivity contribution in [2.75, 3.05) is 18.5 Å². The Morgan fingerprint density at radius 1 is 1.05 bits per heavy atom. The summed E-state index contributed by atoms with van der Waals surface area (Å²) in [6, 6.07) is 12.3. The van der Waals surface area contributed by atoms with Gasteiger partial charge < -0.3 is 10.1 Å². The second-order valence-corrected chi connectivity index (χ2v) is 5.63. The van der Waals surface area contributed by atoms with Gasteiger partial charge in [-0.2, -0.15) is 0 Å². The van der Waals surface area contributed by atoms with Gasteiger partial charge in [0.05, 0.1) is 4.47 Å². The molecule has 0 aliphatic rings. The van der Waals surface area contributed by atoms with E-state index in [0.717, 1.165) is 10.2 Å². The normalized spacial score (nSPS) is 10.3. The summed E-state index contributed by atoms with van der Waals surface area (Å²) in [6.45, 7) is 1.17. The van der Waals surface area contributed by atoms with E-state index in [-0.39, 0.29) is 5.82 Å². The highest BCUT2D eigenvalue weighted by atomic mass is 79.9. The number of anilines is 1. The fraction of sp³-hybridized carbons (Fsp3) is 0.143. The fourth-order valence-electron chi connectivity index (χ4n) is 1.52. The lowest BCUT2D eigenvalue weighted by molar-refractivity contribution is 0.330. The van der Waals surface area contributed by atoms with Gasteiger partial charge in [-0.15, -0.1) is 0 Å². The van der Waals surface area contributed by atoms with Crippen molar-refractivity contribution in [1.29, 1.82) is 0 Å². The highest BCUT2D eigenvalue weighted by molar-refractivity contribution is 9.10. The van der Waals surface area contributed by atoms with Gasteiger partial charge in [0, 0.05) is 16.7 Å². The van der Waals surface area contributed by atoms with Gasteiger partial charge in [0.1, 0.15) is 18.2 Å². The van der Waals surface area contributed by atoms with E-state index in [4.69, 9.17) is 4.74 Å². The molecule has 0 radical (unpaired) electrons. The summed E-state index contributed by atoms with van der Waals surface area (Å²) in [5, 5.41) is 3.24. The minimum Gasteiger partial charge on any atom is -0.491 e. The minimum absolute atomic E-state index is 0.285. The van der Waals surface area contributed by atoms with Crippen LogP contribution in [0.25, 0.3) is 0 Å². The maximum atomic E-state index is 12.9. The topological polar surface area (TPSA) is 21.3 Å². The first kappa shape index (κ1) is 14.3. The molecule has 0 unspecified atom stereocenters. The van der Waals surface area contributed by atoms with Gasteiger partial charge in [0.2, 0.25) is 0 Å². The Morgan fingerprint density at radius 2 is 1.79 bits per heavy atom. The molecule has 0 aliphatic heterocycles. The van der Waals surface area contributed by atoms with Crippen LogP contribution in [0.2, 0.25) is 0 Å². The Labute approximate surface area is 128 Å². The molecular formula is C14H12Br2FNO. The van der Waals surface area contributed by atoms with Crippen molar-refractivity contribution in [3.8, 4) is 5.75 Å². The van der Waals surface area contributed by atoms with Crippen molar-refractivity contribution in [2.24, 2.45) is 0 Å². The molecule has 0 amide bonds. The molecule has 0 bridgehead atoms. The number of benzene rings is 2. The van der Waals surface area contributed by atoms with Gasteiger partial charge >= 0.3 is 0 Å². The number of hydrogen-bond donors (Lipinski definition) is 1. The van der Waals surface area contributed by atoms with Crippen molar-refractivity contribution in [2.45, 2.75) is 0 Å². The first-order valence-corrected chi connectivity index (χ1v) is 7.31. The SMILES string of the molecule is Fc1ccc(OCCNc2ccc(Br)cc2)c(Br)c1. The van der Waals surface area contributed by atoms with Crippen LogP contribution in [0.3, 0.4) is 0 Å². The predicted octanol–water partition coefficient (Wildman–Crippen LogP) is 4.84. The molecule has 1 N–H and O–H groups in total. The lowest BCUT2D eigenvalue weighted by Crippen LogP contribution is -2.11. The second-order valence-electron chi connectivity index (χ2n) is 3.86. The summed E-state index contributed by atoms with van der Waals surface area (Å²) in [4.78, 5) is 0. The molecule has 2 aromatic carbocycles. The van der Waals surface area contributed by atoms with Crippen molar-refractivity contribution in [3.05, 3.63) is 57.2 Å². The van der Waals surface area contributed by atoms with Crippen LogP contribution in [0.5, 0.6) is 5.75 Å². The summed E-state index contributed by atoms with van der Waals surface area (Å²) in [5.41, 5.74) is 1.03. The first-order chi connectivity index (χ1) is 9.15. The number of ether oxygens (including phenoxy) is 1. The van der Waals surface area contributed by atoms with Crippen molar-refractivity contribution >= 4 is 37.5 Å². The molecule has 2 rings (SSSR count). The van der Waals surface area contributed by atoms with Gasteiger partial charge in [-0.25, -0.2) is 4.39 Å². The van der Waals surface area contributed by atoms with E-state index >= 15 is 0 Å². The molecule has 5 heteroatoms. The monoisotopic (exact) mass is 387 g/mol. The lowest BCUT2D eigenvalue weighted by atomic mass is 10.3. The van der Waals surface area contributed by atoms with Crippen LogP contribution in [0.1, 0.15) is 0 Å². The molecular weight excluding hydrogens is 377 g/mol. The van der Waals surface area contributed by atoms with Gasteiger partial charge in [0.15, 0.2) is 0 Å². The molecule has 2 aromatic rings. The summed E-state index contributed by atoms with van der Waals surface area (Å²) < 4.78 is 20.1. The number of nitrogens with one attached hydrogen (secondary N) is 1. The molecule has 0 aliphatic carbocycles. The maximum absolute atomic E-state index is 12.9. The van der Waals surface area contributed by atoms with E-state index in [0.29, 0.717) is 23.4 Å². The predicted molar refractivity (Wildman–Crippen MR) is 82.2 cm³/mol. The molecule has 0 heterocycles. The summed E-state index contributed by atoms with van der Waals surface area (Å²) in [6.07, 6.45) is 0. The minimum atomic E-state index is -0.285. The van der Waals surface area contributed by atoms with E-state index in [2.05, 4.69) is 37.2 Å². The Bertz CT molecular complexity index is 546. The second kappa shape index (κ2) is 6.91. The quantitative estimate of drug-likeness (QED) is 0.740. The third-order valence-electron chi connectivity index (χ3n) is 2.43. The van der Waals surface area contributed by atoms with E-state index < -0.39 is 0 Å². The van der Waals surface area contributed by atoms with Gasteiger partial charge in [0.25, 0.3) is 0 Å². The summed E-state index contributed by atoms with van der Waals surface area (Å²) in [5.74, 6) is 0.353. The van der Waals surface area contributed by atoms with Gasteiger partial charge in [-0.1, -0.05) is 15.9 Å². The van der Waals surface area contributed by atoms with Crippen molar-refractivity contribution in [1.82, 2.24) is 0 Å². The van der Waals surface area contributed by atoms with Crippen LogP contribution in [-0.2, 0) is 0 Å². The molecule has 0 saturated carbocycles. The number of hydrogen-bond acceptors (Lipinski definition) is 2. The Morgan fingerprint density at radius 3 is 2.47 bits per heavy atom. The highest BCUT2D eigenvalue weighted by Gasteiger charge is 2.02. The van der Waals surface area contributed by atoms with E-state index in [1.54, 1.807) is 6.07 Å². The molecule has 0 atom stereocenters. The smallest absolute Gasteiger partial charge is 0.133 e. The average molecular weight is 389 g/mol. The maximum Gasteiger partial charge on any atom is 0.133 e. The third-order valence-corrected chi connectivity index (χ3v) is 3.58. The largest absolute Gasteiger partial charge is 0.491 e. The van der Waals surface area contributed by atoms with Crippen LogP contribution in [0.4, 0.5) is 10.1 Å². The summed E-state index contributed by atoms with van der Waals surface area (Å²) in [7, 11) is 0. The van der Waals surface area contributed by atoms with Crippen LogP contribution < -0.4 is 10.1 Å². The zero-order chi connectivity index (χ0) is 13.7. The van der Waals surface area contributed by atoms with E-state index in [1.807, 2.05) is 24.3 Å². The molecule has 0 aromatic heterocycles.